The molecule has 0 aromatic rings. The first-order valence-corrected chi connectivity index (χ1v) is 6.84. The van der Waals surface area contributed by atoms with Crippen molar-refractivity contribution in [3.05, 3.63) is 0 Å². The summed E-state index contributed by atoms with van der Waals surface area (Å²) in [6.07, 6.45) is 8.30. The fourth-order valence-electron chi connectivity index (χ4n) is 3.12. The lowest BCUT2D eigenvalue weighted by Gasteiger charge is -2.38. The molecule has 2 fully saturated rings. The Balaban J connectivity index is 1.81. The Morgan fingerprint density at radius 3 is 1.69 bits per heavy atom. The van der Waals surface area contributed by atoms with Gasteiger partial charge in [-0.1, -0.05) is 0 Å². The van der Waals surface area contributed by atoms with Crippen molar-refractivity contribution in [1.29, 1.82) is 0 Å². The Labute approximate surface area is 100.0 Å². The summed E-state index contributed by atoms with van der Waals surface area (Å²) in [5.74, 6) is 0. The first-order chi connectivity index (χ1) is 7.72. The van der Waals surface area contributed by atoms with Crippen LogP contribution in [0.15, 0.2) is 0 Å². The van der Waals surface area contributed by atoms with Crippen LogP contribution in [0.4, 0.5) is 0 Å². The van der Waals surface area contributed by atoms with Gasteiger partial charge in [-0.05, 0) is 52.6 Å². The maximum absolute atomic E-state index is 5.73. The van der Waals surface area contributed by atoms with E-state index in [9.17, 15) is 0 Å². The zero-order valence-electron chi connectivity index (χ0n) is 10.9. The minimum atomic E-state index is 0.815. The van der Waals surface area contributed by atoms with E-state index >= 15 is 0 Å². The van der Waals surface area contributed by atoms with Crippen molar-refractivity contribution in [3.63, 3.8) is 0 Å². The van der Waals surface area contributed by atoms with Crippen LogP contribution < -0.4 is 5.73 Å². The molecule has 0 amide bonds. The highest BCUT2D eigenvalue weighted by Crippen LogP contribution is 2.33. The van der Waals surface area contributed by atoms with Crippen molar-refractivity contribution >= 4 is 0 Å². The molecule has 2 aliphatic rings. The predicted molar refractivity (Wildman–Crippen MR) is 68.5 cm³/mol. The van der Waals surface area contributed by atoms with E-state index in [1.165, 1.54) is 38.5 Å². The quantitative estimate of drug-likeness (QED) is 0.765. The molecule has 2 N–H and O–H groups in total. The third kappa shape index (κ3) is 2.96. The highest BCUT2D eigenvalue weighted by molar-refractivity contribution is 4.91. The minimum absolute atomic E-state index is 0.815. The fourth-order valence-corrected chi connectivity index (χ4v) is 3.12. The molecular weight excluding hydrogens is 198 g/mol. The Bertz CT molecular complexity index is 205. The molecule has 2 saturated carbocycles. The lowest BCUT2D eigenvalue weighted by molar-refractivity contribution is 0.114. The van der Waals surface area contributed by atoms with Crippen molar-refractivity contribution in [2.45, 2.75) is 56.7 Å². The largest absolute Gasteiger partial charge is 0.329 e. The van der Waals surface area contributed by atoms with Crippen molar-refractivity contribution in [2.24, 2.45) is 5.73 Å². The minimum Gasteiger partial charge on any atom is -0.329 e. The van der Waals surface area contributed by atoms with Gasteiger partial charge < -0.3 is 10.6 Å². The summed E-state index contributed by atoms with van der Waals surface area (Å²) in [4.78, 5) is 5.09. The molecule has 0 radical (unpaired) electrons. The molecule has 3 nitrogen and oxygen atoms in total. The van der Waals surface area contributed by atoms with Gasteiger partial charge >= 0.3 is 0 Å². The Kier molecular flexibility index (Phi) is 4.22. The summed E-state index contributed by atoms with van der Waals surface area (Å²) >= 11 is 0. The van der Waals surface area contributed by atoms with E-state index in [-0.39, 0.29) is 0 Å². The Morgan fingerprint density at radius 2 is 1.31 bits per heavy atom. The van der Waals surface area contributed by atoms with Gasteiger partial charge in [0.15, 0.2) is 0 Å². The highest BCUT2D eigenvalue weighted by atomic mass is 15.2. The van der Waals surface area contributed by atoms with Crippen molar-refractivity contribution in [1.82, 2.24) is 9.80 Å². The summed E-state index contributed by atoms with van der Waals surface area (Å²) in [5, 5.41) is 0. The average Bonchev–Trinajstić information content (AvgIpc) is 3.10. The Hall–Kier alpha value is -0.120. The molecule has 0 aromatic carbocycles. The van der Waals surface area contributed by atoms with Gasteiger partial charge in [0, 0.05) is 31.2 Å². The lowest BCUT2D eigenvalue weighted by atomic mass is 9.89. The molecule has 0 aliphatic heterocycles. The molecule has 16 heavy (non-hydrogen) atoms. The van der Waals surface area contributed by atoms with Gasteiger partial charge in [0.2, 0.25) is 0 Å². The van der Waals surface area contributed by atoms with E-state index in [1.807, 2.05) is 0 Å². The fraction of sp³-hybridized carbons (Fsp3) is 1.00. The van der Waals surface area contributed by atoms with Crippen LogP contribution in [-0.2, 0) is 0 Å². The molecule has 0 atom stereocenters. The van der Waals surface area contributed by atoms with E-state index in [2.05, 4.69) is 23.9 Å². The second kappa shape index (κ2) is 5.48. The van der Waals surface area contributed by atoms with E-state index < -0.39 is 0 Å². The van der Waals surface area contributed by atoms with Gasteiger partial charge in [-0.2, -0.15) is 0 Å². The van der Waals surface area contributed by atoms with E-state index in [0.29, 0.717) is 0 Å². The molecule has 0 bridgehead atoms. The zero-order chi connectivity index (χ0) is 11.5. The number of nitrogens with zero attached hydrogens (tertiary/aromatic N) is 2. The molecule has 2 rings (SSSR count). The van der Waals surface area contributed by atoms with E-state index in [1.54, 1.807) is 0 Å². The first kappa shape index (κ1) is 12.3. The second-order valence-electron chi connectivity index (χ2n) is 5.68. The normalized spacial score (nSPS) is 31.3. The first-order valence-electron chi connectivity index (χ1n) is 6.84. The standard InChI is InChI=1S/C13H27N3/c1-15(2)11-3-5-12(6-4-11)16(10-9-14)13-7-8-13/h11-13H,3-10,14H2,1-2H3. The lowest BCUT2D eigenvalue weighted by Crippen LogP contribution is -2.45. The second-order valence-corrected chi connectivity index (χ2v) is 5.68. The zero-order valence-corrected chi connectivity index (χ0v) is 10.9. The molecule has 0 heterocycles. The van der Waals surface area contributed by atoms with Crippen molar-refractivity contribution in [2.75, 3.05) is 27.2 Å². The smallest absolute Gasteiger partial charge is 0.0110 e. The van der Waals surface area contributed by atoms with Crippen molar-refractivity contribution < 1.29 is 0 Å². The van der Waals surface area contributed by atoms with Gasteiger partial charge in [0.05, 0.1) is 0 Å². The van der Waals surface area contributed by atoms with Crippen LogP contribution in [0.5, 0.6) is 0 Å². The van der Waals surface area contributed by atoms with Crippen LogP contribution in [-0.4, -0.2) is 55.1 Å². The van der Waals surface area contributed by atoms with Crippen LogP contribution >= 0.6 is 0 Å². The molecule has 0 saturated heterocycles. The molecule has 0 aromatic heterocycles. The third-order valence-corrected chi connectivity index (χ3v) is 4.27. The van der Waals surface area contributed by atoms with Gasteiger partial charge in [-0.3, -0.25) is 4.90 Å². The van der Waals surface area contributed by atoms with Crippen LogP contribution in [0.3, 0.4) is 0 Å². The molecule has 94 valence electrons. The van der Waals surface area contributed by atoms with E-state index in [4.69, 9.17) is 5.73 Å². The maximum atomic E-state index is 5.73. The topological polar surface area (TPSA) is 32.5 Å². The number of hydrogen-bond donors (Lipinski definition) is 1. The summed E-state index contributed by atoms with van der Waals surface area (Å²) in [6.45, 7) is 1.94. The highest BCUT2D eigenvalue weighted by Gasteiger charge is 2.35. The van der Waals surface area contributed by atoms with Crippen LogP contribution in [0, 0.1) is 0 Å². The SMILES string of the molecule is CN(C)C1CCC(N(CCN)C2CC2)CC1. The van der Waals surface area contributed by atoms with Gasteiger partial charge in [0.1, 0.15) is 0 Å². The number of nitrogens with two attached hydrogens (primary N) is 1. The van der Waals surface area contributed by atoms with E-state index in [0.717, 1.165) is 31.2 Å². The maximum Gasteiger partial charge on any atom is 0.0110 e. The van der Waals surface area contributed by atoms with Crippen molar-refractivity contribution in [3.8, 4) is 0 Å². The summed E-state index contributed by atoms with van der Waals surface area (Å²) < 4.78 is 0. The molecule has 0 spiro atoms. The number of hydrogen-bond acceptors (Lipinski definition) is 3. The Morgan fingerprint density at radius 1 is 0.875 bits per heavy atom. The summed E-state index contributed by atoms with van der Waals surface area (Å²) in [7, 11) is 4.42. The summed E-state index contributed by atoms with van der Waals surface area (Å²) in [6, 6.07) is 2.52. The molecule has 2 aliphatic carbocycles. The average molecular weight is 225 g/mol. The van der Waals surface area contributed by atoms with Crippen LogP contribution in [0.25, 0.3) is 0 Å². The number of rotatable bonds is 5. The monoisotopic (exact) mass is 225 g/mol. The van der Waals surface area contributed by atoms with Crippen LogP contribution in [0.1, 0.15) is 38.5 Å². The summed E-state index contributed by atoms with van der Waals surface area (Å²) in [5.41, 5.74) is 5.73. The predicted octanol–water partition coefficient (Wildman–Crippen LogP) is 1.28. The van der Waals surface area contributed by atoms with Gasteiger partial charge in [-0.25, -0.2) is 0 Å². The molecular formula is C13H27N3. The van der Waals surface area contributed by atoms with Gasteiger partial charge in [-0.15, -0.1) is 0 Å². The molecule has 0 unspecified atom stereocenters. The third-order valence-electron chi connectivity index (χ3n) is 4.27. The van der Waals surface area contributed by atoms with Crippen LogP contribution in [0.2, 0.25) is 0 Å². The molecule has 3 heteroatoms. The van der Waals surface area contributed by atoms with Gasteiger partial charge in [0.25, 0.3) is 0 Å².